The average molecular weight is 448 g/mol. The van der Waals surface area contributed by atoms with Gasteiger partial charge in [0, 0.05) is 30.3 Å². The smallest absolute Gasteiger partial charge is 0.254 e. The predicted octanol–water partition coefficient (Wildman–Crippen LogP) is 4.94. The summed E-state index contributed by atoms with van der Waals surface area (Å²) < 4.78 is 0. The fraction of sp³-hybridized carbons (Fsp3) is 0.391. The van der Waals surface area contributed by atoms with Crippen LogP contribution in [0.1, 0.15) is 35.2 Å². The van der Waals surface area contributed by atoms with Gasteiger partial charge in [0.1, 0.15) is 0 Å². The Kier molecular flexibility index (Phi) is 7.75. The fourth-order valence-corrected chi connectivity index (χ4v) is 3.48. The molecule has 0 atom stereocenters. The van der Waals surface area contributed by atoms with Gasteiger partial charge in [0.05, 0.1) is 10.0 Å². The summed E-state index contributed by atoms with van der Waals surface area (Å²) in [6.45, 7) is 1.96. The van der Waals surface area contributed by atoms with Gasteiger partial charge < -0.3 is 15.1 Å². The molecule has 160 valence electrons. The van der Waals surface area contributed by atoms with Gasteiger partial charge in [-0.1, -0.05) is 29.3 Å². The highest BCUT2D eigenvalue weighted by Gasteiger charge is 2.29. The van der Waals surface area contributed by atoms with E-state index in [2.05, 4.69) is 10.2 Å². The molecule has 2 amide bonds. The van der Waals surface area contributed by atoms with Crippen molar-refractivity contribution < 1.29 is 9.59 Å². The molecule has 0 radical (unpaired) electrons. The summed E-state index contributed by atoms with van der Waals surface area (Å²) in [5, 5.41) is 3.87. The minimum Gasteiger partial charge on any atom is -0.334 e. The van der Waals surface area contributed by atoms with Gasteiger partial charge in [0.25, 0.3) is 5.91 Å². The Morgan fingerprint density at radius 3 is 2.30 bits per heavy atom. The SMILES string of the molecule is CN(C)CCCN(Cc1ccc(Cl)c(Cl)c1)C(=O)c1ccc(NC(=O)C2CC2)cc1. The van der Waals surface area contributed by atoms with Crippen LogP contribution >= 0.6 is 23.2 Å². The molecule has 0 aromatic heterocycles. The number of hydrogen-bond donors (Lipinski definition) is 1. The highest BCUT2D eigenvalue weighted by molar-refractivity contribution is 6.42. The number of carbonyl (C=O) groups excluding carboxylic acids is 2. The number of amides is 2. The third-order valence-corrected chi connectivity index (χ3v) is 5.76. The Morgan fingerprint density at radius 2 is 1.70 bits per heavy atom. The lowest BCUT2D eigenvalue weighted by molar-refractivity contribution is -0.117. The van der Waals surface area contributed by atoms with Crippen LogP contribution in [-0.2, 0) is 11.3 Å². The molecule has 1 aliphatic rings. The van der Waals surface area contributed by atoms with Crippen LogP contribution in [0.15, 0.2) is 42.5 Å². The Balaban J connectivity index is 1.70. The zero-order valence-electron chi connectivity index (χ0n) is 17.3. The van der Waals surface area contributed by atoms with Crippen molar-refractivity contribution in [2.24, 2.45) is 5.92 Å². The number of hydrogen-bond acceptors (Lipinski definition) is 3. The van der Waals surface area contributed by atoms with Crippen LogP contribution in [-0.4, -0.2) is 48.8 Å². The molecule has 0 saturated heterocycles. The number of nitrogens with one attached hydrogen (secondary N) is 1. The monoisotopic (exact) mass is 447 g/mol. The van der Waals surface area contributed by atoms with Crippen LogP contribution in [0.4, 0.5) is 5.69 Å². The third kappa shape index (κ3) is 6.46. The fourth-order valence-electron chi connectivity index (χ4n) is 3.16. The number of anilines is 1. The first kappa shape index (κ1) is 22.6. The third-order valence-electron chi connectivity index (χ3n) is 5.03. The number of rotatable bonds is 9. The molecule has 0 spiro atoms. The molecule has 1 fully saturated rings. The largest absolute Gasteiger partial charge is 0.334 e. The van der Waals surface area contributed by atoms with Gasteiger partial charge in [-0.25, -0.2) is 0 Å². The van der Waals surface area contributed by atoms with Gasteiger partial charge in [-0.3, -0.25) is 9.59 Å². The molecular weight excluding hydrogens is 421 g/mol. The Labute approximate surface area is 187 Å². The molecule has 1 saturated carbocycles. The van der Waals surface area contributed by atoms with Crippen molar-refractivity contribution >= 4 is 40.7 Å². The van der Waals surface area contributed by atoms with Crippen molar-refractivity contribution in [2.75, 3.05) is 32.5 Å². The molecule has 1 N–H and O–H groups in total. The molecule has 0 unspecified atom stereocenters. The molecule has 3 rings (SSSR count). The second kappa shape index (κ2) is 10.3. The van der Waals surface area contributed by atoms with Gasteiger partial charge in [0.2, 0.25) is 5.91 Å². The standard InChI is InChI=1S/C23H27Cl2N3O2/c1-27(2)12-3-13-28(15-16-4-11-20(24)21(25)14-16)23(30)18-7-9-19(10-8-18)26-22(29)17-5-6-17/h4,7-11,14,17H,3,5-6,12-13,15H2,1-2H3,(H,26,29). The van der Waals surface area contributed by atoms with E-state index in [0.29, 0.717) is 34.4 Å². The van der Waals surface area contributed by atoms with Crippen LogP contribution in [0.3, 0.4) is 0 Å². The topological polar surface area (TPSA) is 52.6 Å². The maximum Gasteiger partial charge on any atom is 0.254 e. The van der Waals surface area contributed by atoms with E-state index in [4.69, 9.17) is 23.2 Å². The van der Waals surface area contributed by atoms with Gasteiger partial charge in [0.15, 0.2) is 0 Å². The van der Waals surface area contributed by atoms with Crippen LogP contribution in [0.25, 0.3) is 0 Å². The highest BCUT2D eigenvalue weighted by atomic mass is 35.5. The molecule has 0 aliphatic heterocycles. The molecule has 30 heavy (non-hydrogen) atoms. The summed E-state index contributed by atoms with van der Waals surface area (Å²) in [5.74, 6) is 0.142. The molecular formula is C23H27Cl2N3O2. The van der Waals surface area contributed by atoms with Gasteiger partial charge in [-0.15, -0.1) is 0 Å². The number of carbonyl (C=O) groups is 2. The van der Waals surface area contributed by atoms with Crippen LogP contribution < -0.4 is 5.32 Å². The van der Waals surface area contributed by atoms with Crippen LogP contribution in [0.2, 0.25) is 10.0 Å². The predicted molar refractivity (Wildman–Crippen MR) is 122 cm³/mol. The van der Waals surface area contributed by atoms with Crippen LogP contribution in [0.5, 0.6) is 0 Å². The summed E-state index contributed by atoms with van der Waals surface area (Å²) in [5.41, 5.74) is 2.23. The average Bonchev–Trinajstić information content (AvgIpc) is 3.55. The number of benzene rings is 2. The second-order valence-electron chi connectivity index (χ2n) is 7.97. The van der Waals surface area contributed by atoms with E-state index < -0.39 is 0 Å². The maximum absolute atomic E-state index is 13.2. The van der Waals surface area contributed by atoms with E-state index in [1.807, 2.05) is 25.1 Å². The summed E-state index contributed by atoms with van der Waals surface area (Å²) in [7, 11) is 4.03. The Hall–Kier alpha value is -2.08. The van der Waals surface area contributed by atoms with E-state index in [0.717, 1.165) is 31.4 Å². The van der Waals surface area contributed by atoms with Crippen molar-refractivity contribution in [3.05, 3.63) is 63.6 Å². The minimum absolute atomic E-state index is 0.0546. The van der Waals surface area contributed by atoms with E-state index >= 15 is 0 Å². The minimum atomic E-state index is -0.0556. The van der Waals surface area contributed by atoms with Crippen LogP contribution in [0, 0.1) is 5.92 Å². The first-order valence-corrected chi connectivity index (χ1v) is 10.9. The van der Waals surface area contributed by atoms with Crippen molar-refractivity contribution in [3.8, 4) is 0 Å². The van der Waals surface area contributed by atoms with E-state index in [1.54, 1.807) is 36.4 Å². The summed E-state index contributed by atoms with van der Waals surface area (Å²) in [6, 6.07) is 12.5. The normalized spacial score (nSPS) is 13.4. The highest BCUT2D eigenvalue weighted by Crippen LogP contribution is 2.30. The van der Waals surface area contributed by atoms with Gasteiger partial charge in [-0.05, 0) is 81.9 Å². The number of halogens is 2. The molecule has 7 heteroatoms. The second-order valence-corrected chi connectivity index (χ2v) is 8.79. The first-order chi connectivity index (χ1) is 14.3. The van der Waals surface area contributed by atoms with Crippen molar-refractivity contribution in [3.63, 3.8) is 0 Å². The quantitative estimate of drug-likeness (QED) is 0.592. The van der Waals surface area contributed by atoms with E-state index in [1.165, 1.54) is 0 Å². The molecule has 2 aromatic carbocycles. The Morgan fingerprint density at radius 1 is 1.00 bits per heavy atom. The number of nitrogens with zero attached hydrogens (tertiary/aromatic N) is 2. The van der Waals surface area contributed by atoms with Gasteiger partial charge >= 0.3 is 0 Å². The summed E-state index contributed by atoms with van der Waals surface area (Å²) >= 11 is 12.2. The van der Waals surface area contributed by atoms with Crippen molar-refractivity contribution in [1.82, 2.24) is 9.80 Å². The lowest BCUT2D eigenvalue weighted by atomic mass is 10.1. The Bertz CT molecular complexity index is 896. The lowest BCUT2D eigenvalue weighted by Crippen LogP contribution is -2.33. The zero-order valence-corrected chi connectivity index (χ0v) is 18.8. The maximum atomic E-state index is 13.2. The van der Waals surface area contributed by atoms with E-state index in [9.17, 15) is 9.59 Å². The molecule has 2 aromatic rings. The van der Waals surface area contributed by atoms with Crippen molar-refractivity contribution in [2.45, 2.75) is 25.8 Å². The molecule has 0 bridgehead atoms. The van der Waals surface area contributed by atoms with E-state index in [-0.39, 0.29) is 17.7 Å². The molecule has 5 nitrogen and oxygen atoms in total. The van der Waals surface area contributed by atoms with Gasteiger partial charge in [-0.2, -0.15) is 0 Å². The zero-order chi connectivity index (χ0) is 21.7. The lowest BCUT2D eigenvalue weighted by Gasteiger charge is -2.24. The summed E-state index contributed by atoms with van der Waals surface area (Å²) in [6.07, 6.45) is 2.77. The molecule has 1 aliphatic carbocycles. The summed E-state index contributed by atoms with van der Waals surface area (Å²) in [4.78, 5) is 29.0. The molecule has 0 heterocycles. The van der Waals surface area contributed by atoms with Crippen molar-refractivity contribution in [1.29, 1.82) is 0 Å². The first-order valence-electron chi connectivity index (χ1n) is 10.1.